The third-order valence-corrected chi connectivity index (χ3v) is 4.87. The number of rotatable bonds is 8. The molecule has 0 spiro atoms. The van der Waals surface area contributed by atoms with E-state index in [1.54, 1.807) is 6.07 Å². The molecule has 0 saturated heterocycles. The Morgan fingerprint density at radius 3 is 2.21 bits per heavy atom. The highest BCUT2D eigenvalue weighted by Gasteiger charge is 2.29. The molecule has 0 aliphatic carbocycles. The summed E-state index contributed by atoms with van der Waals surface area (Å²) < 4.78 is 13.8. The molecule has 0 aliphatic rings. The van der Waals surface area contributed by atoms with Crippen LogP contribution in [0.1, 0.15) is 39.5 Å². The standard InChI is InChI=1S/C16H25BrFN/c1-4-10-16(12-17,11-5-2)13-19(3)15-9-7-6-8-14(15)18/h6-9H,4-5,10-13H2,1-3H3. The summed E-state index contributed by atoms with van der Waals surface area (Å²) in [6.45, 7) is 5.33. The maximum Gasteiger partial charge on any atom is 0.146 e. The van der Waals surface area contributed by atoms with Crippen LogP contribution < -0.4 is 4.90 Å². The molecule has 19 heavy (non-hydrogen) atoms. The van der Waals surface area contributed by atoms with Gasteiger partial charge in [0.25, 0.3) is 0 Å². The van der Waals surface area contributed by atoms with Crippen molar-refractivity contribution in [1.82, 2.24) is 0 Å². The van der Waals surface area contributed by atoms with Gasteiger partial charge in [0.15, 0.2) is 0 Å². The molecule has 3 heteroatoms. The monoisotopic (exact) mass is 329 g/mol. The van der Waals surface area contributed by atoms with E-state index in [2.05, 4.69) is 34.7 Å². The average molecular weight is 330 g/mol. The summed E-state index contributed by atoms with van der Waals surface area (Å²) >= 11 is 3.67. The predicted octanol–water partition coefficient (Wildman–Crippen LogP) is 5.24. The van der Waals surface area contributed by atoms with Crippen LogP contribution in [0.5, 0.6) is 0 Å². The first-order valence-electron chi connectivity index (χ1n) is 7.10. The van der Waals surface area contributed by atoms with E-state index in [9.17, 15) is 4.39 Å². The summed E-state index contributed by atoms with van der Waals surface area (Å²) in [5.74, 6) is -0.138. The normalized spacial score (nSPS) is 11.6. The zero-order chi connectivity index (χ0) is 14.3. The third kappa shape index (κ3) is 4.48. The summed E-state index contributed by atoms with van der Waals surface area (Å²) in [7, 11) is 1.99. The van der Waals surface area contributed by atoms with Crippen LogP contribution in [0.3, 0.4) is 0 Å². The molecule has 1 aromatic rings. The Balaban J connectivity index is 2.86. The molecule has 1 nitrogen and oxygen atoms in total. The number of anilines is 1. The van der Waals surface area contributed by atoms with Crippen molar-refractivity contribution in [3.05, 3.63) is 30.1 Å². The van der Waals surface area contributed by atoms with Gasteiger partial charge in [-0.3, -0.25) is 0 Å². The minimum Gasteiger partial charge on any atom is -0.372 e. The SMILES string of the molecule is CCCC(CBr)(CCC)CN(C)c1ccccc1F. The summed E-state index contributed by atoms with van der Waals surface area (Å²) in [5.41, 5.74) is 0.931. The van der Waals surface area contributed by atoms with Gasteiger partial charge in [-0.05, 0) is 30.4 Å². The van der Waals surface area contributed by atoms with Crippen molar-refractivity contribution in [1.29, 1.82) is 0 Å². The minimum absolute atomic E-state index is 0.138. The molecule has 0 N–H and O–H groups in total. The van der Waals surface area contributed by atoms with E-state index in [1.807, 2.05) is 19.2 Å². The second kappa shape index (κ2) is 7.88. The largest absolute Gasteiger partial charge is 0.372 e. The van der Waals surface area contributed by atoms with Crippen LogP contribution >= 0.6 is 15.9 Å². The van der Waals surface area contributed by atoms with Crippen molar-refractivity contribution in [3.63, 3.8) is 0 Å². The fourth-order valence-electron chi connectivity index (χ4n) is 2.87. The zero-order valence-corrected chi connectivity index (χ0v) is 13.8. The van der Waals surface area contributed by atoms with E-state index < -0.39 is 0 Å². The van der Waals surface area contributed by atoms with Gasteiger partial charge < -0.3 is 4.90 Å². The van der Waals surface area contributed by atoms with Crippen molar-refractivity contribution in [3.8, 4) is 0 Å². The van der Waals surface area contributed by atoms with Crippen LogP contribution in [0.25, 0.3) is 0 Å². The molecule has 1 aromatic carbocycles. The van der Waals surface area contributed by atoms with Crippen molar-refractivity contribution in [2.75, 3.05) is 23.8 Å². The molecule has 0 aromatic heterocycles. The van der Waals surface area contributed by atoms with Gasteiger partial charge in [-0.15, -0.1) is 0 Å². The number of hydrogen-bond donors (Lipinski definition) is 0. The van der Waals surface area contributed by atoms with E-state index in [4.69, 9.17) is 0 Å². The van der Waals surface area contributed by atoms with Crippen LogP contribution in [-0.2, 0) is 0 Å². The van der Waals surface area contributed by atoms with Crippen molar-refractivity contribution in [2.45, 2.75) is 39.5 Å². The lowest BCUT2D eigenvalue weighted by Gasteiger charge is -2.36. The Labute approximate surface area is 125 Å². The lowest BCUT2D eigenvalue weighted by atomic mass is 9.80. The Kier molecular flexibility index (Phi) is 6.84. The molecule has 0 fully saturated rings. The van der Waals surface area contributed by atoms with Gasteiger partial charge in [0.2, 0.25) is 0 Å². The van der Waals surface area contributed by atoms with Gasteiger partial charge in [-0.25, -0.2) is 4.39 Å². The first kappa shape index (κ1) is 16.5. The van der Waals surface area contributed by atoms with E-state index in [0.717, 1.165) is 24.7 Å². The van der Waals surface area contributed by atoms with E-state index >= 15 is 0 Å². The number of halogens is 2. The Morgan fingerprint density at radius 1 is 1.16 bits per heavy atom. The second-order valence-corrected chi connectivity index (χ2v) is 6.00. The van der Waals surface area contributed by atoms with Crippen LogP contribution in [-0.4, -0.2) is 18.9 Å². The highest BCUT2D eigenvalue weighted by atomic mass is 79.9. The summed E-state index contributed by atoms with van der Waals surface area (Å²) in [6, 6.07) is 7.01. The predicted molar refractivity (Wildman–Crippen MR) is 85.7 cm³/mol. The molecule has 0 atom stereocenters. The number of alkyl halides is 1. The zero-order valence-electron chi connectivity index (χ0n) is 12.3. The topological polar surface area (TPSA) is 3.24 Å². The highest BCUT2D eigenvalue weighted by molar-refractivity contribution is 9.09. The lowest BCUT2D eigenvalue weighted by molar-refractivity contribution is 0.283. The molecule has 0 amide bonds. The number of hydrogen-bond acceptors (Lipinski definition) is 1. The molecule has 0 heterocycles. The molecule has 0 saturated carbocycles. The number of para-hydroxylation sites is 1. The molecule has 0 unspecified atom stereocenters. The molecular formula is C16H25BrFN. The average Bonchev–Trinajstić information content (AvgIpc) is 2.39. The molecule has 108 valence electrons. The molecule has 1 rings (SSSR count). The number of benzene rings is 1. The van der Waals surface area contributed by atoms with Gasteiger partial charge in [0, 0.05) is 18.9 Å². The quantitative estimate of drug-likeness (QED) is 0.589. The minimum atomic E-state index is -0.138. The summed E-state index contributed by atoms with van der Waals surface area (Å²) in [5, 5.41) is 0.973. The van der Waals surface area contributed by atoms with E-state index in [-0.39, 0.29) is 11.2 Å². The summed E-state index contributed by atoms with van der Waals surface area (Å²) in [6.07, 6.45) is 4.67. The highest BCUT2D eigenvalue weighted by Crippen LogP contribution is 2.34. The second-order valence-electron chi connectivity index (χ2n) is 5.44. The molecular weight excluding hydrogens is 305 g/mol. The fourth-order valence-corrected chi connectivity index (χ4v) is 3.61. The smallest absolute Gasteiger partial charge is 0.146 e. The molecule has 0 radical (unpaired) electrons. The van der Waals surface area contributed by atoms with Gasteiger partial charge in [0.1, 0.15) is 5.82 Å². The Morgan fingerprint density at radius 2 is 1.74 bits per heavy atom. The van der Waals surface area contributed by atoms with Gasteiger partial charge >= 0.3 is 0 Å². The molecule has 0 aliphatic heterocycles. The van der Waals surface area contributed by atoms with Crippen molar-refractivity contribution in [2.24, 2.45) is 5.41 Å². The number of nitrogens with zero attached hydrogens (tertiary/aromatic N) is 1. The Bertz CT molecular complexity index is 375. The third-order valence-electron chi connectivity index (χ3n) is 3.68. The van der Waals surface area contributed by atoms with Gasteiger partial charge in [0.05, 0.1) is 5.69 Å². The van der Waals surface area contributed by atoms with Crippen LogP contribution in [0.15, 0.2) is 24.3 Å². The maximum atomic E-state index is 13.8. The van der Waals surface area contributed by atoms with E-state index in [1.165, 1.54) is 18.9 Å². The first-order chi connectivity index (χ1) is 9.08. The van der Waals surface area contributed by atoms with E-state index in [0.29, 0.717) is 5.69 Å². The summed E-state index contributed by atoms with van der Waals surface area (Å²) in [4.78, 5) is 2.06. The van der Waals surface area contributed by atoms with Crippen LogP contribution in [0.4, 0.5) is 10.1 Å². The fraction of sp³-hybridized carbons (Fsp3) is 0.625. The maximum absolute atomic E-state index is 13.8. The van der Waals surface area contributed by atoms with Crippen LogP contribution in [0.2, 0.25) is 0 Å². The van der Waals surface area contributed by atoms with Crippen molar-refractivity contribution < 1.29 is 4.39 Å². The van der Waals surface area contributed by atoms with Crippen LogP contribution in [0, 0.1) is 11.2 Å². The van der Waals surface area contributed by atoms with Gasteiger partial charge in [-0.2, -0.15) is 0 Å². The first-order valence-corrected chi connectivity index (χ1v) is 8.22. The Hall–Kier alpha value is -0.570. The van der Waals surface area contributed by atoms with Crippen molar-refractivity contribution >= 4 is 21.6 Å². The molecule has 0 bridgehead atoms. The lowest BCUT2D eigenvalue weighted by Crippen LogP contribution is -2.37. The van der Waals surface area contributed by atoms with Gasteiger partial charge in [-0.1, -0.05) is 54.8 Å².